The Bertz CT molecular complexity index is 589. The van der Waals surface area contributed by atoms with Gasteiger partial charge in [0.1, 0.15) is 5.82 Å². The van der Waals surface area contributed by atoms with Crippen LogP contribution in [-0.2, 0) is 6.54 Å². The van der Waals surface area contributed by atoms with E-state index < -0.39 is 0 Å². The number of hydrogen-bond acceptors (Lipinski definition) is 2. The van der Waals surface area contributed by atoms with Crippen LogP contribution in [0.3, 0.4) is 0 Å². The lowest BCUT2D eigenvalue weighted by Crippen LogP contribution is -2.26. The van der Waals surface area contributed by atoms with E-state index in [-0.39, 0.29) is 11.9 Å². The van der Waals surface area contributed by atoms with Gasteiger partial charge in [0.05, 0.1) is 22.4 Å². The average Bonchev–Trinajstić information content (AvgIpc) is 2.80. The second-order valence-electron chi connectivity index (χ2n) is 5.14. The molecule has 5 heteroatoms. The van der Waals surface area contributed by atoms with Crippen LogP contribution < -0.4 is 5.32 Å². The molecule has 0 spiro atoms. The Hall–Kier alpha value is -1.20. The van der Waals surface area contributed by atoms with Crippen LogP contribution in [0, 0.1) is 12.7 Å². The number of hydrogen-bond donors (Lipinski definition) is 1. The van der Waals surface area contributed by atoms with Crippen LogP contribution in [0.1, 0.15) is 43.1 Å². The van der Waals surface area contributed by atoms with E-state index in [1.807, 2.05) is 17.7 Å². The highest BCUT2D eigenvalue weighted by Gasteiger charge is 2.21. The quantitative estimate of drug-likeness (QED) is 0.843. The zero-order valence-corrected chi connectivity index (χ0v) is 14.2. The lowest BCUT2D eigenvalue weighted by atomic mass is 10.0. The first kappa shape index (κ1) is 16.2. The zero-order chi connectivity index (χ0) is 15.4. The van der Waals surface area contributed by atoms with Gasteiger partial charge >= 0.3 is 0 Å². The van der Waals surface area contributed by atoms with Crippen LogP contribution >= 0.6 is 15.9 Å². The minimum atomic E-state index is -0.202. The SMILES string of the molecule is CCCNC(c1cc(C)cc(F)c1)c1c(Br)cnn1CC. The van der Waals surface area contributed by atoms with Crippen LogP contribution in [0.15, 0.2) is 28.9 Å². The van der Waals surface area contributed by atoms with Crippen molar-refractivity contribution in [1.82, 2.24) is 15.1 Å². The number of nitrogens with one attached hydrogen (secondary N) is 1. The van der Waals surface area contributed by atoms with Gasteiger partial charge in [-0.25, -0.2) is 4.39 Å². The van der Waals surface area contributed by atoms with Gasteiger partial charge in [0.25, 0.3) is 0 Å². The highest BCUT2D eigenvalue weighted by atomic mass is 79.9. The van der Waals surface area contributed by atoms with Crippen molar-refractivity contribution < 1.29 is 4.39 Å². The molecule has 1 atom stereocenters. The van der Waals surface area contributed by atoms with Gasteiger partial charge < -0.3 is 5.32 Å². The summed E-state index contributed by atoms with van der Waals surface area (Å²) in [5.41, 5.74) is 2.89. The van der Waals surface area contributed by atoms with E-state index in [1.54, 1.807) is 18.3 Å². The van der Waals surface area contributed by atoms with E-state index in [9.17, 15) is 4.39 Å². The highest BCUT2D eigenvalue weighted by molar-refractivity contribution is 9.10. The van der Waals surface area contributed by atoms with Gasteiger partial charge in [-0.05, 0) is 66.0 Å². The summed E-state index contributed by atoms with van der Waals surface area (Å²) in [5, 5.41) is 7.87. The third-order valence-corrected chi connectivity index (χ3v) is 4.01. The fourth-order valence-corrected chi connectivity index (χ4v) is 3.03. The minimum Gasteiger partial charge on any atom is -0.305 e. The summed E-state index contributed by atoms with van der Waals surface area (Å²) in [7, 11) is 0. The lowest BCUT2D eigenvalue weighted by Gasteiger charge is -2.21. The highest BCUT2D eigenvalue weighted by Crippen LogP contribution is 2.29. The first-order valence-corrected chi connectivity index (χ1v) is 8.07. The molecule has 0 bridgehead atoms. The zero-order valence-electron chi connectivity index (χ0n) is 12.7. The molecule has 0 fully saturated rings. The van der Waals surface area contributed by atoms with Gasteiger partial charge in [-0.15, -0.1) is 0 Å². The number of nitrogens with zero attached hydrogens (tertiary/aromatic N) is 2. The molecule has 0 aliphatic rings. The Labute approximate surface area is 133 Å². The van der Waals surface area contributed by atoms with Gasteiger partial charge in [-0.3, -0.25) is 4.68 Å². The molecule has 1 aromatic heterocycles. The van der Waals surface area contributed by atoms with Gasteiger partial charge in [0.2, 0.25) is 0 Å². The summed E-state index contributed by atoms with van der Waals surface area (Å²) in [5.74, 6) is -0.202. The normalized spacial score (nSPS) is 12.6. The molecule has 0 amide bonds. The number of aromatic nitrogens is 2. The van der Waals surface area contributed by atoms with Crippen LogP contribution in [0.5, 0.6) is 0 Å². The molecule has 1 N–H and O–H groups in total. The number of aryl methyl sites for hydroxylation is 2. The summed E-state index contributed by atoms with van der Waals surface area (Å²) < 4.78 is 16.7. The summed E-state index contributed by atoms with van der Waals surface area (Å²) >= 11 is 3.57. The average molecular weight is 354 g/mol. The maximum Gasteiger partial charge on any atom is 0.123 e. The first-order valence-electron chi connectivity index (χ1n) is 7.28. The molecule has 21 heavy (non-hydrogen) atoms. The van der Waals surface area contributed by atoms with E-state index in [0.717, 1.165) is 40.8 Å². The van der Waals surface area contributed by atoms with E-state index >= 15 is 0 Å². The Morgan fingerprint density at radius 1 is 1.33 bits per heavy atom. The monoisotopic (exact) mass is 353 g/mol. The summed E-state index contributed by atoms with van der Waals surface area (Å²) in [6.07, 6.45) is 2.81. The van der Waals surface area contributed by atoms with Gasteiger partial charge in [-0.1, -0.05) is 13.0 Å². The molecule has 0 aliphatic carbocycles. The van der Waals surface area contributed by atoms with Gasteiger partial charge in [0.15, 0.2) is 0 Å². The molecule has 1 unspecified atom stereocenters. The summed E-state index contributed by atoms with van der Waals surface area (Å²) in [4.78, 5) is 0. The van der Waals surface area contributed by atoms with E-state index in [4.69, 9.17) is 0 Å². The van der Waals surface area contributed by atoms with Gasteiger partial charge in [-0.2, -0.15) is 5.10 Å². The molecule has 3 nitrogen and oxygen atoms in total. The largest absolute Gasteiger partial charge is 0.305 e. The molecule has 0 saturated heterocycles. The van der Waals surface area contributed by atoms with Gasteiger partial charge in [0, 0.05) is 6.54 Å². The predicted octanol–water partition coefficient (Wildman–Crippen LogP) is 4.20. The molecular formula is C16H21BrFN3. The molecule has 2 rings (SSSR count). The second-order valence-corrected chi connectivity index (χ2v) is 6.00. The summed E-state index contributed by atoms with van der Waals surface area (Å²) in [6, 6.07) is 5.10. The van der Waals surface area contributed by atoms with Crippen molar-refractivity contribution in [2.75, 3.05) is 6.54 Å². The number of halogens is 2. The van der Waals surface area contributed by atoms with Crippen molar-refractivity contribution in [3.63, 3.8) is 0 Å². The van der Waals surface area contributed by atoms with E-state index in [1.165, 1.54) is 0 Å². The fourth-order valence-electron chi connectivity index (χ4n) is 2.50. The van der Waals surface area contributed by atoms with Crippen molar-refractivity contribution in [2.24, 2.45) is 0 Å². The molecule has 1 heterocycles. The van der Waals surface area contributed by atoms with E-state index in [0.29, 0.717) is 0 Å². The minimum absolute atomic E-state index is 0.0730. The third kappa shape index (κ3) is 3.71. The Morgan fingerprint density at radius 3 is 2.71 bits per heavy atom. The van der Waals surface area contributed by atoms with Crippen LogP contribution in [0.25, 0.3) is 0 Å². The summed E-state index contributed by atoms with van der Waals surface area (Å²) in [6.45, 7) is 7.72. The number of benzene rings is 1. The van der Waals surface area contributed by atoms with Crippen molar-refractivity contribution in [3.8, 4) is 0 Å². The smallest absolute Gasteiger partial charge is 0.123 e. The Morgan fingerprint density at radius 2 is 2.10 bits per heavy atom. The molecule has 0 radical (unpaired) electrons. The fraction of sp³-hybridized carbons (Fsp3) is 0.438. The molecule has 1 aromatic carbocycles. The van der Waals surface area contributed by atoms with Crippen molar-refractivity contribution in [3.05, 3.63) is 51.5 Å². The standard InChI is InChI=1S/C16H21BrFN3/c1-4-6-19-15(12-7-11(3)8-13(18)9-12)16-14(17)10-20-21(16)5-2/h7-10,15,19H,4-6H2,1-3H3. The maximum absolute atomic E-state index is 13.8. The third-order valence-electron chi connectivity index (χ3n) is 3.40. The second kappa shape index (κ2) is 7.18. The molecule has 0 aliphatic heterocycles. The van der Waals surface area contributed by atoms with E-state index in [2.05, 4.69) is 40.2 Å². The van der Waals surface area contributed by atoms with Crippen LogP contribution in [0.2, 0.25) is 0 Å². The lowest BCUT2D eigenvalue weighted by molar-refractivity contribution is 0.524. The van der Waals surface area contributed by atoms with Crippen LogP contribution in [0.4, 0.5) is 4.39 Å². The molecule has 114 valence electrons. The van der Waals surface area contributed by atoms with Crippen LogP contribution in [-0.4, -0.2) is 16.3 Å². The molecule has 0 saturated carbocycles. The predicted molar refractivity (Wildman–Crippen MR) is 86.9 cm³/mol. The first-order chi connectivity index (χ1) is 10.1. The topological polar surface area (TPSA) is 29.9 Å². The molecular weight excluding hydrogens is 333 g/mol. The van der Waals surface area contributed by atoms with Crippen molar-refractivity contribution >= 4 is 15.9 Å². The Balaban J connectivity index is 2.49. The molecule has 2 aromatic rings. The maximum atomic E-state index is 13.8. The Kier molecular flexibility index (Phi) is 5.53. The number of rotatable bonds is 6. The van der Waals surface area contributed by atoms with Crippen molar-refractivity contribution in [2.45, 2.75) is 39.8 Å². The van der Waals surface area contributed by atoms with Crippen molar-refractivity contribution in [1.29, 1.82) is 0 Å².